The number of pyridine rings is 1. The molecule has 1 N–H and O–H groups in total. The molecular weight excluding hydrogens is 356 g/mol. The molecule has 4 nitrogen and oxygen atoms in total. The molecule has 2 aromatic heterocycles. The molecule has 2 heterocycles. The Morgan fingerprint density at radius 2 is 1.96 bits per heavy atom. The van der Waals surface area contributed by atoms with Gasteiger partial charge in [-0.15, -0.1) is 0 Å². The van der Waals surface area contributed by atoms with Crippen molar-refractivity contribution in [2.45, 2.75) is 39.2 Å². The molecule has 26 heavy (non-hydrogen) atoms. The number of fused-ring (bicyclic) bond motifs is 1. The van der Waals surface area contributed by atoms with E-state index in [-0.39, 0.29) is 27.4 Å². The number of benzene rings is 1. The number of hydrogen-bond donors (Lipinski definition) is 1. The van der Waals surface area contributed by atoms with Crippen LogP contribution in [0, 0.1) is 18.6 Å². The zero-order valence-corrected chi connectivity index (χ0v) is 15.2. The van der Waals surface area contributed by atoms with Crippen LogP contribution in [0.1, 0.15) is 42.0 Å². The van der Waals surface area contributed by atoms with Gasteiger partial charge in [0.05, 0.1) is 11.1 Å². The van der Waals surface area contributed by atoms with Crippen LogP contribution in [0.15, 0.2) is 29.1 Å². The first kappa shape index (κ1) is 17.0. The molecule has 0 atom stereocenters. The summed E-state index contributed by atoms with van der Waals surface area (Å²) in [4.78, 5) is 19.5. The number of rotatable bonds is 3. The normalized spacial score (nSPS) is 14.3. The minimum absolute atomic E-state index is 0.0758. The molecule has 0 radical (unpaired) electrons. The number of aryl methyl sites for hydroxylation is 2. The fourth-order valence-electron chi connectivity index (χ4n) is 3.17. The maximum absolute atomic E-state index is 13.7. The van der Waals surface area contributed by atoms with Crippen molar-refractivity contribution in [1.29, 1.82) is 0 Å². The number of alkyl halides is 2. The number of hydrogen-bond acceptors (Lipinski definition) is 3. The summed E-state index contributed by atoms with van der Waals surface area (Å²) >= 11 is 5.27. The minimum Gasteiger partial charge on any atom is -0.299 e. The third kappa shape index (κ3) is 2.76. The van der Waals surface area contributed by atoms with E-state index in [0.29, 0.717) is 5.69 Å². The lowest BCUT2D eigenvalue weighted by molar-refractivity contribution is 0.153. The van der Waals surface area contributed by atoms with Gasteiger partial charge in [-0.3, -0.25) is 14.3 Å². The molecule has 134 valence electrons. The summed E-state index contributed by atoms with van der Waals surface area (Å²) in [5.74, 6) is 0. The van der Waals surface area contributed by atoms with Crippen molar-refractivity contribution in [3.05, 3.63) is 56.1 Å². The predicted octanol–water partition coefficient (Wildman–Crippen LogP) is 5.01. The molecule has 1 aromatic carbocycles. The summed E-state index contributed by atoms with van der Waals surface area (Å²) < 4.78 is 29.4. The van der Waals surface area contributed by atoms with E-state index < -0.39 is 12.0 Å². The number of nitrogens with one attached hydrogen (secondary N) is 1. The molecule has 0 aliphatic heterocycles. The van der Waals surface area contributed by atoms with Crippen molar-refractivity contribution in [3.8, 4) is 11.3 Å². The summed E-state index contributed by atoms with van der Waals surface area (Å²) in [5.41, 5.74) is 2.64. The van der Waals surface area contributed by atoms with Gasteiger partial charge in [0.2, 0.25) is 0 Å². The van der Waals surface area contributed by atoms with E-state index in [0.717, 1.165) is 29.5 Å². The topological polar surface area (TPSA) is 50.7 Å². The molecule has 0 bridgehead atoms. The van der Waals surface area contributed by atoms with Crippen LogP contribution in [0.4, 0.5) is 8.78 Å². The van der Waals surface area contributed by atoms with Crippen LogP contribution in [-0.2, 0) is 0 Å². The molecule has 0 amide bonds. The van der Waals surface area contributed by atoms with Crippen molar-refractivity contribution in [2.75, 3.05) is 0 Å². The molecule has 1 aliphatic rings. The lowest BCUT2D eigenvalue weighted by Crippen LogP contribution is -2.17. The number of nitrogens with zero attached hydrogens (tertiary/aromatic N) is 2. The lowest BCUT2D eigenvalue weighted by Gasteiger charge is -2.14. The Bertz CT molecular complexity index is 1150. The third-order valence-electron chi connectivity index (χ3n) is 4.88. The summed E-state index contributed by atoms with van der Waals surface area (Å²) in [6.45, 7) is 3.95. The van der Waals surface area contributed by atoms with Gasteiger partial charge < -0.3 is 0 Å². The van der Waals surface area contributed by atoms with Crippen molar-refractivity contribution < 1.29 is 8.78 Å². The SMILES string of the molecule is Cc1ccc(-c2cc(C(F)F)c3c(=O)[nH]c(=S)n(C4CC4)c3n2)cc1C. The molecule has 1 saturated carbocycles. The Kier molecular flexibility index (Phi) is 3.99. The first-order chi connectivity index (χ1) is 12.4. The fourth-order valence-corrected chi connectivity index (χ4v) is 3.49. The van der Waals surface area contributed by atoms with E-state index in [1.54, 1.807) is 4.57 Å². The summed E-state index contributed by atoms with van der Waals surface area (Å²) in [5, 5.41) is -0.0758. The summed E-state index contributed by atoms with van der Waals surface area (Å²) in [6, 6.07) is 7.13. The van der Waals surface area contributed by atoms with Crippen molar-refractivity contribution in [2.24, 2.45) is 0 Å². The van der Waals surface area contributed by atoms with Gasteiger partial charge in [0.15, 0.2) is 4.77 Å². The fraction of sp³-hybridized carbons (Fsp3) is 0.316. The highest BCUT2D eigenvalue weighted by atomic mass is 32.1. The molecule has 1 fully saturated rings. The molecule has 0 saturated heterocycles. The Morgan fingerprint density at radius 3 is 2.58 bits per heavy atom. The highest BCUT2D eigenvalue weighted by molar-refractivity contribution is 7.71. The van der Waals surface area contributed by atoms with Gasteiger partial charge in [-0.25, -0.2) is 13.8 Å². The van der Waals surface area contributed by atoms with Crippen LogP contribution in [0.3, 0.4) is 0 Å². The van der Waals surface area contributed by atoms with Crippen molar-refractivity contribution in [3.63, 3.8) is 0 Å². The Balaban J connectivity index is 2.10. The van der Waals surface area contributed by atoms with Gasteiger partial charge in [-0.1, -0.05) is 12.1 Å². The molecular formula is C19H17F2N3OS. The smallest absolute Gasteiger partial charge is 0.264 e. The average Bonchev–Trinajstić information content (AvgIpc) is 3.41. The zero-order valence-electron chi connectivity index (χ0n) is 14.3. The molecule has 4 rings (SSSR count). The average molecular weight is 373 g/mol. The first-order valence-electron chi connectivity index (χ1n) is 8.42. The van der Waals surface area contributed by atoms with Gasteiger partial charge in [-0.2, -0.15) is 0 Å². The highest BCUT2D eigenvalue weighted by Crippen LogP contribution is 2.38. The first-order valence-corrected chi connectivity index (χ1v) is 8.83. The van der Waals surface area contributed by atoms with Crippen LogP contribution in [0.2, 0.25) is 0 Å². The van der Waals surface area contributed by atoms with E-state index in [2.05, 4.69) is 9.97 Å². The van der Waals surface area contributed by atoms with Crippen molar-refractivity contribution >= 4 is 23.3 Å². The second-order valence-corrected chi connectivity index (χ2v) is 7.14. The van der Waals surface area contributed by atoms with Gasteiger partial charge in [-0.05, 0) is 62.2 Å². The second-order valence-electron chi connectivity index (χ2n) is 6.76. The lowest BCUT2D eigenvalue weighted by atomic mass is 10.0. The molecule has 0 spiro atoms. The van der Waals surface area contributed by atoms with Crippen LogP contribution in [0.5, 0.6) is 0 Å². The van der Waals surface area contributed by atoms with E-state index in [1.165, 1.54) is 6.07 Å². The monoisotopic (exact) mass is 373 g/mol. The van der Waals surface area contributed by atoms with Gasteiger partial charge >= 0.3 is 0 Å². The van der Waals surface area contributed by atoms with E-state index >= 15 is 0 Å². The summed E-state index contributed by atoms with van der Waals surface area (Å²) in [6.07, 6.45) is -0.986. The molecule has 3 aromatic rings. The summed E-state index contributed by atoms with van der Waals surface area (Å²) in [7, 11) is 0. The van der Waals surface area contributed by atoms with Gasteiger partial charge in [0, 0.05) is 17.2 Å². The second kappa shape index (κ2) is 6.09. The quantitative estimate of drug-likeness (QED) is 0.657. The van der Waals surface area contributed by atoms with Crippen LogP contribution >= 0.6 is 12.2 Å². The Hall–Kier alpha value is -2.41. The minimum atomic E-state index is -2.78. The number of H-pyrrole nitrogens is 1. The van der Waals surface area contributed by atoms with Crippen LogP contribution in [-0.4, -0.2) is 14.5 Å². The van der Waals surface area contributed by atoms with Gasteiger partial charge in [0.1, 0.15) is 5.65 Å². The highest BCUT2D eigenvalue weighted by Gasteiger charge is 2.28. The van der Waals surface area contributed by atoms with E-state index in [9.17, 15) is 13.6 Å². The Labute approximate surface area is 153 Å². The molecule has 0 unspecified atom stereocenters. The molecule has 7 heteroatoms. The van der Waals surface area contributed by atoms with Gasteiger partial charge in [0.25, 0.3) is 12.0 Å². The number of aromatic nitrogens is 3. The molecule has 1 aliphatic carbocycles. The maximum Gasteiger partial charge on any atom is 0.264 e. The van der Waals surface area contributed by atoms with Crippen LogP contribution < -0.4 is 5.56 Å². The predicted molar refractivity (Wildman–Crippen MR) is 99.3 cm³/mol. The standard InChI is InChI=1S/C19H17F2N3OS/c1-9-3-4-11(7-10(9)2)14-8-13(16(20)21)15-17(22-14)24(12-5-6-12)19(26)23-18(15)25/h3-4,7-8,12,16H,5-6H2,1-2H3,(H,23,25,26). The number of halogens is 2. The zero-order chi connectivity index (χ0) is 18.6. The number of aromatic amines is 1. The largest absolute Gasteiger partial charge is 0.299 e. The van der Waals surface area contributed by atoms with Crippen molar-refractivity contribution in [1.82, 2.24) is 14.5 Å². The van der Waals surface area contributed by atoms with E-state index in [4.69, 9.17) is 12.2 Å². The third-order valence-corrected chi connectivity index (χ3v) is 5.17. The Morgan fingerprint density at radius 1 is 1.23 bits per heavy atom. The maximum atomic E-state index is 13.7. The van der Waals surface area contributed by atoms with E-state index in [1.807, 2.05) is 32.0 Å². The van der Waals surface area contributed by atoms with Crippen LogP contribution in [0.25, 0.3) is 22.3 Å².